The van der Waals surface area contributed by atoms with E-state index in [1.54, 1.807) is 24.3 Å². The van der Waals surface area contributed by atoms with Gasteiger partial charge in [0.05, 0.1) is 12.8 Å². The fourth-order valence-electron chi connectivity index (χ4n) is 1.28. The Hall–Kier alpha value is -0.620. The number of hydrogen-bond acceptors (Lipinski definition) is 4. The van der Waals surface area contributed by atoms with E-state index in [1.807, 2.05) is 11.4 Å². The SMILES string of the molecule is CN1CNC(c2ccc(F)cc2)NS1. The van der Waals surface area contributed by atoms with Crippen LogP contribution < -0.4 is 10.0 Å². The summed E-state index contributed by atoms with van der Waals surface area (Å²) in [5.74, 6) is -0.200. The maximum atomic E-state index is 12.7. The molecule has 1 saturated heterocycles. The average molecular weight is 213 g/mol. The summed E-state index contributed by atoms with van der Waals surface area (Å²) in [6, 6.07) is 6.52. The molecule has 0 saturated carbocycles. The predicted molar refractivity (Wildman–Crippen MR) is 55.6 cm³/mol. The van der Waals surface area contributed by atoms with Gasteiger partial charge in [0.1, 0.15) is 5.82 Å². The number of hydrogen-bond donors (Lipinski definition) is 2. The van der Waals surface area contributed by atoms with Crippen molar-refractivity contribution in [1.82, 2.24) is 14.3 Å². The van der Waals surface area contributed by atoms with E-state index in [4.69, 9.17) is 0 Å². The van der Waals surface area contributed by atoms with Crippen molar-refractivity contribution in [2.24, 2.45) is 0 Å². The number of halogens is 1. The molecule has 1 aliphatic rings. The second-order valence-electron chi connectivity index (χ2n) is 3.18. The molecule has 1 atom stereocenters. The van der Waals surface area contributed by atoms with Crippen LogP contribution in [0.3, 0.4) is 0 Å². The van der Waals surface area contributed by atoms with Gasteiger partial charge < -0.3 is 0 Å². The zero-order chi connectivity index (χ0) is 9.97. The van der Waals surface area contributed by atoms with E-state index in [0.29, 0.717) is 0 Å². The van der Waals surface area contributed by atoms with Crippen LogP contribution >= 0.6 is 12.1 Å². The summed E-state index contributed by atoms with van der Waals surface area (Å²) in [6.07, 6.45) is 0.0943. The molecule has 1 fully saturated rings. The van der Waals surface area contributed by atoms with Crippen molar-refractivity contribution in [1.29, 1.82) is 0 Å². The summed E-state index contributed by atoms with van der Waals surface area (Å²) in [7, 11) is 1.99. The van der Waals surface area contributed by atoms with Gasteiger partial charge >= 0.3 is 0 Å². The Labute approximate surface area is 86.9 Å². The van der Waals surface area contributed by atoms with Gasteiger partial charge in [0.2, 0.25) is 0 Å². The molecule has 3 nitrogen and oxygen atoms in total. The van der Waals surface area contributed by atoms with Crippen molar-refractivity contribution in [2.45, 2.75) is 6.17 Å². The minimum Gasteiger partial charge on any atom is -0.284 e. The molecule has 1 aromatic carbocycles. The number of nitrogens with one attached hydrogen (secondary N) is 2. The van der Waals surface area contributed by atoms with Gasteiger partial charge in [-0.2, -0.15) is 0 Å². The van der Waals surface area contributed by atoms with Crippen LogP contribution in [0.5, 0.6) is 0 Å². The monoisotopic (exact) mass is 213 g/mol. The Morgan fingerprint density at radius 3 is 2.71 bits per heavy atom. The van der Waals surface area contributed by atoms with E-state index in [1.165, 1.54) is 12.1 Å². The molecule has 0 radical (unpaired) electrons. The second kappa shape index (κ2) is 4.27. The van der Waals surface area contributed by atoms with Crippen LogP contribution in [0.25, 0.3) is 0 Å². The Morgan fingerprint density at radius 2 is 2.14 bits per heavy atom. The largest absolute Gasteiger partial charge is 0.284 e. The molecule has 76 valence electrons. The highest BCUT2D eigenvalue weighted by Gasteiger charge is 2.16. The molecule has 0 amide bonds. The highest BCUT2D eigenvalue weighted by Crippen LogP contribution is 2.18. The lowest BCUT2D eigenvalue weighted by molar-refractivity contribution is 0.387. The molecule has 2 N–H and O–H groups in total. The van der Waals surface area contributed by atoms with E-state index < -0.39 is 0 Å². The first-order chi connectivity index (χ1) is 6.75. The summed E-state index contributed by atoms with van der Waals surface area (Å²) in [5, 5.41) is 3.28. The first kappa shape index (κ1) is 9.92. The fraction of sp³-hybridized carbons (Fsp3) is 0.333. The molecule has 2 rings (SSSR count). The highest BCUT2D eigenvalue weighted by atomic mass is 32.2. The van der Waals surface area contributed by atoms with Gasteiger partial charge in [0, 0.05) is 19.2 Å². The van der Waals surface area contributed by atoms with Gasteiger partial charge in [-0.3, -0.25) is 5.32 Å². The van der Waals surface area contributed by atoms with Gasteiger partial charge in [-0.15, -0.1) is 0 Å². The minimum absolute atomic E-state index is 0.0943. The molecule has 1 aliphatic heterocycles. The third kappa shape index (κ3) is 2.24. The lowest BCUT2D eigenvalue weighted by Gasteiger charge is -2.30. The standard InChI is InChI=1S/C9H12FN3S/c1-13-6-11-9(12-14-13)7-2-4-8(10)5-3-7/h2-5,9,11-12H,6H2,1H3. The zero-order valence-electron chi connectivity index (χ0n) is 7.83. The third-order valence-electron chi connectivity index (χ3n) is 2.05. The van der Waals surface area contributed by atoms with Crippen LogP contribution in [0.2, 0.25) is 0 Å². The Balaban J connectivity index is 2.05. The van der Waals surface area contributed by atoms with Crippen LogP contribution in [-0.4, -0.2) is 18.0 Å². The second-order valence-corrected chi connectivity index (χ2v) is 4.23. The third-order valence-corrected chi connectivity index (χ3v) is 2.83. The number of nitrogens with zero attached hydrogens (tertiary/aromatic N) is 1. The van der Waals surface area contributed by atoms with Crippen molar-refractivity contribution in [3.05, 3.63) is 35.6 Å². The quantitative estimate of drug-likeness (QED) is 0.691. The molecule has 0 spiro atoms. The van der Waals surface area contributed by atoms with Gasteiger partial charge in [0.15, 0.2) is 0 Å². The maximum absolute atomic E-state index is 12.7. The Morgan fingerprint density at radius 1 is 1.43 bits per heavy atom. The Kier molecular flexibility index (Phi) is 3.02. The highest BCUT2D eigenvalue weighted by molar-refractivity contribution is 7.95. The average Bonchev–Trinajstić information content (AvgIpc) is 2.21. The molecule has 0 aromatic heterocycles. The van der Waals surface area contributed by atoms with E-state index in [0.717, 1.165) is 12.2 Å². The molecule has 5 heteroatoms. The van der Waals surface area contributed by atoms with E-state index in [9.17, 15) is 4.39 Å². The predicted octanol–water partition coefficient (Wildman–Crippen LogP) is 1.47. The zero-order valence-corrected chi connectivity index (χ0v) is 8.64. The van der Waals surface area contributed by atoms with Gasteiger partial charge in [0.25, 0.3) is 0 Å². The van der Waals surface area contributed by atoms with Crippen molar-refractivity contribution < 1.29 is 4.39 Å². The topological polar surface area (TPSA) is 27.3 Å². The van der Waals surface area contributed by atoms with Crippen LogP contribution in [0, 0.1) is 5.82 Å². The normalized spacial score (nSPS) is 23.7. The van der Waals surface area contributed by atoms with Crippen LogP contribution in [0.1, 0.15) is 11.7 Å². The summed E-state index contributed by atoms with van der Waals surface area (Å²) in [4.78, 5) is 0. The first-order valence-corrected chi connectivity index (χ1v) is 5.15. The minimum atomic E-state index is -0.200. The van der Waals surface area contributed by atoms with Gasteiger partial charge in [-0.1, -0.05) is 12.1 Å². The maximum Gasteiger partial charge on any atom is 0.123 e. The molecule has 1 unspecified atom stereocenters. The van der Waals surface area contributed by atoms with E-state index in [-0.39, 0.29) is 12.0 Å². The van der Waals surface area contributed by atoms with Crippen molar-refractivity contribution in [3.8, 4) is 0 Å². The van der Waals surface area contributed by atoms with Crippen molar-refractivity contribution in [2.75, 3.05) is 13.7 Å². The summed E-state index contributed by atoms with van der Waals surface area (Å²) in [6.45, 7) is 0.805. The molecule has 1 heterocycles. The lowest BCUT2D eigenvalue weighted by atomic mass is 10.2. The Bertz CT molecular complexity index is 295. The number of benzene rings is 1. The van der Waals surface area contributed by atoms with Gasteiger partial charge in [-0.05, 0) is 17.7 Å². The first-order valence-electron chi connectivity index (χ1n) is 4.38. The molecule has 0 bridgehead atoms. The molecular weight excluding hydrogens is 201 g/mol. The summed E-state index contributed by atoms with van der Waals surface area (Å²) < 4.78 is 17.9. The lowest BCUT2D eigenvalue weighted by Crippen LogP contribution is -2.43. The van der Waals surface area contributed by atoms with Crippen LogP contribution in [0.4, 0.5) is 4.39 Å². The summed E-state index contributed by atoms with van der Waals surface area (Å²) in [5.41, 5.74) is 1.05. The smallest absolute Gasteiger partial charge is 0.123 e. The van der Waals surface area contributed by atoms with Gasteiger partial charge in [-0.25, -0.2) is 13.4 Å². The summed E-state index contributed by atoms with van der Waals surface area (Å²) >= 11 is 1.55. The van der Waals surface area contributed by atoms with Crippen molar-refractivity contribution in [3.63, 3.8) is 0 Å². The van der Waals surface area contributed by atoms with E-state index in [2.05, 4.69) is 10.0 Å². The number of rotatable bonds is 1. The molecule has 1 aromatic rings. The molecular formula is C9H12FN3S. The van der Waals surface area contributed by atoms with Crippen molar-refractivity contribution >= 4 is 12.1 Å². The van der Waals surface area contributed by atoms with Crippen LogP contribution in [-0.2, 0) is 0 Å². The van der Waals surface area contributed by atoms with Crippen LogP contribution in [0.15, 0.2) is 24.3 Å². The molecule has 0 aliphatic carbocycles. The van der Waals surface area contributed by atoms with E-state index >= 15 is 0 Å². The molecule has 14 heavy (non-hydrogen) atoms. The fourth-order valence-corrected chi connectivity index (χ4v) is 1.92.